The van der Waals surface area contributed by atoms with E-state index in [1.165, 1.54) is 12.1 Å². The lowest BCUT2D eigenvalue weighted by molar-refractivity contribution is 0.365. The summed E-state index contributed by atoms with van der Waals surface area (Å²) in [6.45, 7) is 1.78. The molecule has 5 heteroatoms. The molecule has 2 rings (SSSR count). The molecule has 1 fully saturated rings. The highest BCUT2D eigenvalue weighted by molar-refractivity contribution is 7.99. The molecule has 1 aromatic rings. The molecule has 1 saturated heterocycles. The smallest absolute Gasteiger partial charge is 0.128 e. The Bertz CT molecular complexity index is 320. The van der Waals surface area contributed by atoms with Crippen molar-refractivity contribution >= 4 is 17.4 Å². The first-order valence-corrected chi connectivity index (χ1v) is 5.95. The van der Waals surface area contributed by atoms with Gasteiger partial charge in [0.2, 0.25) is 0 Å². The van der Waals surface area contributed by atoms with Crippen molar-refractivity contribution in [3.05, 3.63) is 29.8 Å². The minimum absolute atomic E-state index is 0.472. The maximum atomic E-state index is 12.9. The molecule has 0 radical (unpaired) electrons. The van der Waals surface area contributed by atoms with E-state index in [1.54, 1.807) is 0 Å². The number of halogens is 2. The summed E-state index contributed by atoms with van der Waals surface area (Å²) in [6.07, 6.45) is 0. The second-order valence-corrected chi connectivity index (χ2v) is 4.59. The molecule has 15 heavy (non-hydrogen) atoms. The summed E-state index contributed by atoms with van der Waals surface area (Å²) >= 11 is 1.89. The minimum atomic E-state index is -0.552. The van der Waals surface area contributed by atoms with Gasteiger partial charge in [0, 0.05) is 30.7 Å². The van der Waals surface area contributed by atoms with Gasteiger partial charge in [-0.1, -0.05) is 0 Å². The molecule has 2 nitrogen and oxygen atoms in total. The molecule has 1 N–H and O–H groups in total. The number of nitrogens with zero attached hydrogens (tertiary/aromatic N) is 1. The van der Waals surface area contributed by atoms with Gasteiger partial charge in [0.25, 0.3) is 0 Å². The van der Waals surface area contributed by atoms with E-state index in [0.29, 0.717) is 5.69 Å². The summed E-state index contributed by atoms with van der Waals surface area (Å²) in [6, 6.07) is 3.47. The van der Waals surface area contributed by atoms with Crippen LogP contribution in [0.15, 0.2) is 18.2 Å². The molecule has 0 atom stereocenters. The zero-order valence-electron chi connectivity index (χ0n) is 8.17. The number of hydrogen-bond acceptors (Lipinski definition) is 3. The molecule has 82 valence electrons. The minimum Gasteiger partial charge on any atom is -0.319 e. The third-order valence-corrected chi connectivity index (χ3v) is 3.10. The van der Waals surface area contributed by atoms with Crippen LogP contribution < -0.4 is 5.43 Å². The van der Waals surface area contributed by atoms with E-state index in [-0.39, 0.29) is 0 Å². The quantitative estimate of drug-likeness (QED) is 0.839. The van der Waals surface area contributed by atoms with E-state index in [1.807, 2.05) is 16.8 Å². The van der Waals surface area contributed by atoms with Crippen molar-refractivity contribution in [1.82, 2.24) is 5.01 Å². The second-order valence-electron chi connectivity index (χ2n) is 3.37. The lowest BCUT2D eigenvalue weighted by Gasteiger charge is -2.27. The Balaban J connectivity index is 2.02. The van der Waals surface area contributed by atoms with E-state index in [4.69, 9.17) is 0 Å². The molecule has 1 aliphatic rings. The summed E-state index contributed by atoms with van der Waals surface area (Å²) in [5.74, 6) is 0.989. The molecule has 0 aromatic heterocycles. The van der Waals surface area contributed by atoms with E-state index in [9.17, 15) is 8.78 Å². The lowest BCUT2D eigenvalue weighted by atomic mass is 10.3. The van der Waals surface area contributed by atoms with E-state index < -0.39 is 11.6 Å². The molecule has 1 heterocycles. The van der Waals surface area contributed by atoms with Crippen LogP contribution in [-0.2, 0) is 0 Å². The summed E-state index contributed by atoms with van der Waals surface area (Å²) in [5.41, 5.74) is 3.47. The van der Waals surface area contributed by atoms with E-state index >= 15 is 0 Å². The van der Waals surface area contributed by atoms with Crippen molar-refractivity contribution in [1.29, 1.82) is 0 Å². The van der Waals surface area contributed by atoms with Gasteiger partial charge in [0.1, 0.15) is 11.6 Å². The highest BCUT2D eigenvalue weighted by Gasteiger charge is 2.10. The molecule has 0 bridgehead atoms. The fourth-order valence-electron chi connectivity index (χ4n) is 1.48. The Labute approximate surface area is 91.6 Å². The van der Waals surface area contributed by atoms with Crippen molar-refractivity contribution in [2.24, 2.45) is 0 Å². The Kier molecular flexibility index (Phi) is 3.43. The number of thioether (sulfide) groups is 1. The third-order valence-electron chi connectivity index (χ3n) is 2.16. The van der Waals surface area contributed by atoms with Crippen LogP contribution >= 0.6 is 11.8 Å². The number of hydrogen-bond donors (Lipinski definition) is 1. The summed E-state index contributed by atoms with van der Waals surface area (Å²) in [5, 5.41) is 1.98. The van der Waals surface area contributed by atoms with Gasteiger partial charge in [-0.15, -0.1) is 0 Å². The SMILES string of the molecule is Fc1cc(F)cc(NN2CCSCC2)c1. The third kappa shape index (κ3) is 3.07. The van der Waals surface area contributed by atoms with Crippen molar-refractivity contribution < 1.29 is 8.78 Å². The maximum absolute atomic E-state index is 12.9. The van der Waals surface area contributed by atoms with Gasteiger partial charge in [-0.25, -0.2) is 13.8 Å². The standard InChI is InChI=1S/C10H12F2N2S/c11-8-5-9(12)7-10(6-8)13-14-1-3-15-4-2-14/h5-7,13H,1-4H2. The highest BCUT2D eigenvalue weighted by Crippen LogP contribution is 2.15. The normalized spacial score (nSPS) is 17.7. The molecule has 0 spiro atoms. The van der Waals surface area contributed by atoms with Gasteiger partial charge in [0.05, 0.1) is 5.69 Å². The van der Waals surface area contributed by atoms with Crippen molar-refractivity contribution in [2.45, 2.75) is 0 Å². The average molecular weight is 230 g/mol. The van der Waals surface area contributed by atoms with Crippen LogP contribution in [0.3, 0.4) is 0 Å². The molecule has 1 aromatic carbocycles. The first-order valence-electron chi connectivity index (χ1n) is 4.79. The Morgan fingerprint density at radius 3 is 2.27 bits per heavy atom. The maximum Gasteiger partial charge on any atom is 0.128 e. The van der Waals surface area contributed by atoms with Crippen molar-refractivity contribution in [3.8, 4) is 0 Å². The molecule has 1 aliphatic heterocycles. The molecular formula is C10H12F2N2S. The number of rotatable bonds is 2. The fourth-order valence-corrected chi connectivity index (χ4v) is 2.38. The van der Waals surface area contributed by atoms with Crippen LogP contribution in [-0.4, -0.2) is 29.6 Å². The number of anilines is 1. The van der Waals surface area contributed by atoms with Crippen molar-refractivity contribution in [3.63, 3.8) is 0 Å². The fraction of sp³-hybridized carbons (Fsp3) is 0.400. The van der Waals surface area contributed by atoms with Gasteiger partial charge in [-0.2, -0.15) is 11.8 Å². The Hall–Kier alpha value is -0.810. The predicted molar refractivity (Wildman–Crippen MR) is 58.9 cm³/mol. The average Bonchev–Trinajstić information content (AvgIpc) is 2.17. The molecular weight excluding hydrogens is 218 g/mol. The van der Waals surface area contributed by atoms with Crippen LogP contribution in [0, 0.1) is 11.6 Å². The van der Waals surface area contributed by atoms with Crippen LogP contribution in [0.1, 0.15) is 0 Å². The highest BCUT2D eigenvalue weighted by atomic mass is 32.2. The largest absolute Gasteiger partial charge is 0.319 e. The summed E-state index contributed by atoms with van der Waals surface area (Å²) in [4.78, 5) is 0. The topological polar surface area (TPSA) is 15.3 Å². The zero-order chi connectivity index (χ0) is 10.7. The number of benzene rings is 1. The molecule has 0 aliphatic carbocycles. The zero-order valence-corrected chi connectivity index (χ0v) is 8.99. The van der Waals surface area contributed by atoms with Gasteiger partial charge >= 0.3 is 0 Å². The second kappa shape index (κ2) is 4.81. The first-order chi connectivity index (χ1) is 7.24. The molecule has 0 saturated carbocycles. The summed E-state index contributed by atoms with van der Waals surface area (Å²) in [7, 11) is 0. The lowest BCUT2D eigenvalue weighted by Crippen LogP contribution is -2.37. The van der Waals surface area contributed by atoms with E-state index in [2.05, 4.69) is 5.43 Å². The van der Waals surface area contributed by atoms with Crippen LogP contribution in [0.5, 0.6) is 0 Å². The Morgan fingerprint density at radius 1 is 1.07 bits per heavy atom. The van der Waals surface area contributed by atoms with Crippen LogP contribution in [0.25, 0.3) is 0 Å². The molecule has 0 amide bonds. The van der Waals surface area contributed by atoms with Crippen LogP contribution in [0.2, 0.25) is 0 Å². The van der Waals surface area contributed by atoms with Gasteiger partial charge in [-0.05, 0) is 12.1 Å². The number of hydrazine groups is 1. The summed E-state index contributed by atoms with van der Waals surface area (Å²) < 4.78 is 25.8. The van der Waals surface area contributed by atoms with Crippen LogP contribution in [0.4, 0.5) is 14.5 Å². The van der Waals surface area contributed by atoms with Gasteiger partial charge in [0.15, 0.2) is 0 Å². The van der Waals surface area contributed by atoms with Gasteiger partial charge < -0.3 is 5.43 Å². The molecule has 0 unspecified atom stereocenters. The number of nitrogens with one attached hydrogen (secondary N) is 1. The van der Waals surface area contributed by atoms with E-state index in [0.717, 1.165) is 30.7 Å². The van der Waals surface area contributed by atoms with Crippen molar-refractivity contribution in [2.75, 3.05) is 30.0 Å². The monoisotopic (exact) mass is 230 g/mol. The predicted octanol–water partition coefficient (Wildman–Crippen LogP) is 2.34. The van der Waals surface area contributed by atoms with Gasteiger partial charge in [-0.3, -0.25) is 0 Å². The Morgan fingerprint density at radius 2 is 1.67 bits per heavy atom. The first kappa shape index (κ1) is 10.7.